The molecule has 1 aromatic carbocycles. The Kier molecular flexibility index (Phi) is 4.66. The number of aromatic nitrogens is 1. The number of hydrogen-bond acceptors (Lipinski definition) is 4. The van der Waals surface area contributed by atoms with Gasteiger partial charge in [-0.05, 0) is 49.3 Å². The number of carbonyl (C=O) groups is 1. The summed E-state index contributed by atoms with van der Waals surface area (Å²) in [5, 5.41) is 3.54. The van der Waals surface area contributed by atoms with Gasteiger partial charge in [0.15, 0.2) is 11.7 Å². The molecule has 4 nitrogen and oxygen atoms in total. The number of fused-ring (bicyclic) bond motifs is 1. The lowest BCUT2D eigenvalue weighted by molar-refractivity contribution is -0.118. The summed E-state index contributed by atoms with van der Waals surface area (Å²) in [5.74, 6) is 0.987. The van der Waals surface area contributed by atoms with Crippen LogP contribution in [0.15, 0.2) is 18.2 Å². The highest BCUT2D eigenvalue weighted by molar-refractivity contribution is 7.15. The van der Waals surface area contributed by atoms with Crippen molar-refractivity contribution in [2.75, 3.05) is 11.9 Å². The lowest BCUT2D eigenvalue weighted by atomic mass is 10.0. The van der Waals surface area contributed by atoms with Crippen LogP contribution in [0.5, 0.6) is 5.75 Å². The molecule has 0 unspecified atom stereocenters. The Bertz CT molecular complexity index is 700. The maximum atomic E-state index is 12.1. The number of carbonyl (C=O) groups excluding carboxylic acids is 1. The van der Waals surface area contributed by atoms with Gasteiger partial charge in [0.05, 0.1) is 5.69 Å². The topological polar surface area (TPSA) is 51.2 Å². The molecule has 0 saturated carbocycles. The Labute approximate surface area is 140 Å². The van der Waals surface area contributed by atoms with Gasteiger partial charge in [-0.1, -0.05) is 26.0 Å². The van der Waals surface area contributed by atoms with Crippen molar-refractivity contribution in [3.63, 3.8) is 0 Å². The largest absolute Gasteiger partial charge is 0.483 e. The molecule has 1 amide bonds. The molecular formula is C18H22N2O2S. The first-order valence-corrected chi connectivity index (χ1v) is 8.86. The zero-order chi connectivity index (χ0) is 16.4. The molecule has 1 aliphatic carbocycles. The van der Waals surface area contributed by atoms with Gasteiger partial charge in [0.2, 0.25) is 0 Å². The lowest BCUT2D eigenvalue weighted by Gasteiger charge is -2.14. The fourth-order valence-electron chi connectivity index (χ4n) is 2.79. The molecule has 3 rings (SSSR count). The molecule has 0 fully saturated rings. The van der Waals surface area contributed by atoms with Crippen LogP contribution in [0, 0.1) is 6.92 Å². The van der Waals surface area contributed by atoms with Gasteiger partial charge >= 0.3 is 0 Å². The number of rotatable bonds is 5. The molecule has 122 valence electrons. The Hall–Kier alpha value is -1.88. The molecular weight excluding hydrogens is 308 g/mol. The van der Waals surface area contributed by atoms with E-state index in [-0.39, 0.29) is 12.5 Å². The normalized spacial score (nSPS) is 13.2. The van der Waals surface area contributed by atoms with Gasteiger partial charge in [-0.25, -0.2) is 4.98 Å². The quantitative estimate of drug-likeness (QED) is 0.898. The van der Waals surface area contributed by atoms with Crippen molar-refractivity contribution in [2.24, 2.45) is 0 Å². The van der Waals surface area contributed by atoms with Crippen molar-refractivity contribution in [2.45, 2.75) is 46.0 Å². The van der Waals surface area contributed by atoms with Crippen LogP contribution in [0.3, 0.4) is 0 Å². The molecule has 2 aromatic rings. The first kappa shape index (κ1) is 16.0. The van der Waals surface area contributed by atoms with Crippen molar-refractivity contribution < 1.29 is 9.53 Å². The highest BCUT2D eigenvalue weighted by atomic mass is 32.1. The molecule has 1 heterocycles. The Morgan fingerprint density at radius 2 is 2.22 bits per heavy atom. The summed E-state index contributed by atoms with van der Waals surface area (Å²) in [7, 11) is 0. The number of nitrogens with one attached hydrogen (secondary N) is 1. The van der Waals surface area contributed by atoms with Crippen LogP contribution in [-0.4, -0.2) is 17.5 Å². The molecule has 0 atom stereocenters. The number of ether oxygens (including phenoxy) is 1. The third kappa shape index (κ3) is 3.72. The van der Waals surface area contributed by atoms with Gasteiger partial charge in [0.1, 0.15) is 5.75 Å². The number of benzene rings is 1. The fourth-order valence-corrected chi connectivity index (χ4v) is 3.85. The van der Waals surface area contributed by atoms with Crippen molar-refractivity contribution in [1.29, 1.82) is 0 Å². The van der Waals surface area contributed by atoms with E-state index in [1.165, 1.54) is 11.3 Å². The van der Waals surface area contributed by atoms with Crippen molar-refractivity contribution in [3.05, 3.63) is 39.9 Å². The van der Waals surface area contributed by atoms with Crippen molar-refractivity contribution in [1.82, 2.24) is 4.98 Å². The molecule has 5 heteroatoms. The average Bonchev–Trinajstić information content (AvgIpc) is 3.06. The Morgan fingerprint density at radius 3 is 2.96 bits per heavy atom. The van der Waals surface area contributed by atoms with Gasteiger partial charge < -0.3 is 4.74 Å². The fraction of sp³-hybridized carbons (Fsp3) is 0.444. The number of amides is 1. The number of hydrogen-bond donors (Lipinski definition) is 1. The van der Waals surface area contributed by atoms with Crippen LogP contribution >= 0.6 is 11.3 Å². The van der Waals surface area contributed by atoms with E-state index in [1.54, 1.807) is 11.3 Å². The second-order valence-electron chi connectivity index (χ2n) is 6.28. The lowest BCUT2D eigenvalue weighted by Crippen LogP contribution is -2.20. The molecule has 1 N–H and O–H groups in total. The number of nitrogens with zero attached hydrogens (tertiary/aromatic N) is 1. The SMILES string of the molecule is Cc1ccc(C(C)C)c(OCC(=O)Nc2nc3c(s2)CCC3)c1. The first-order valence-electron chi connectivity index (χ1n) is 8.04. The third-order valence-corrected chi connectivity index (χ3v) is 5.06. The smallest absolute Gasteiger partial charge is 0.264 e. The Balaban J connectivity index is 1.61. The average molecular weight is 330 g/mol. The van der Waals surface area contributed by atoms with E-state index < -0.39 is 0 Å². The molecule has 0 saturated heterocycles. The van der Waals surface area contributed by atoms with Crippen LogP contribution in [0.2, 0.25) is 0 Å². The minimum absolute atomic E-state index is 0.00736. The highest BCUT2D eigenvalue weighted by Gasteiger charge is 2.18. The van der Waals surface area contributed by atoms with Gasteiger partial charge in [0, 0.05) is 4.88 Å². The van der Waals surface area contributed by atoms with E-state index in [2.05, 4.69) is 36.3 Å². The van der Waals surface area contributed by atoms with Gasteiger partial charge in [-0.2, -0.15) is 0 Å². The van der Waals surface area contributed by atoms with E-state index in [9.17, 15) is 4.79 Å². The zero-order valence-electron chi connectivity index (χ0n) is 13.8. The van der Waals surface area contributed by atoms with Gasteiger partial charge in [-0.3, -0.25) is 10.1 Å². The molecule has 0 aliphatic heterocycles. The summed E-state index contributed by atoms with van der Waals surface area (Å²) >= 11 is 1.58. The Morgan fingerprint density at radius 1 is 1.39 bits per heavy atom. The van der Waals surface area contributed by atoms with Crippen molar-refractivity contribution >= 4 is 22.4 Å². The molecule has 0 radical (unpaired) electrons. The first-order chi connectivity index (χ1) is 11.0. The standard InChI is InChI=1S/C18H22N2O2S/c1-11(2)13-8-7-12(3)9-15(13)22-10-17(21)20-18-19-14-5-4-6-16(14)23-18/h7-9,11H,4-6,10H2,1-3H3,(H,19,20,21). The maximum Gasteiger partial charge on any atom is 0.264 e. The van der Waals surface area contributed by atoms with Crippen LogP contribution in [-0.2, 0) is 17.6 Å². The molecule has 23 heavy (non-hydrogen) atoms. The van der Waals surface area contributed by atoms with E-state index >= 15 is 0 Å². The summed E-state index contributed by atoms with van der Waals surface area (Å²) in [6.45, 7) is 6.27. The van der Waals surface area contributed by atoms with Crippen molar-refractivity contribution in [3.8, 4) is 5.75 Å². The molecule has 0 bridgehead atoms. The second kappa shape index (κ2) is 6.71. The minimum atomic E-state index is -0.159. The number of thiazole rings is 1. The molecule has 1 aliphatic rings. The monoisotopic (exact) mass is 330 g/mol. The summed E-state index contributed by atoms with van der Waals surface area (Å²) in [4.78, 5) is 17.9. The van der Waals surface area contributed by atoms with E-state index in [1.807, 2.05) is 13.0 Å². The van der Waals surface area contributed by atoms with Crippen LogP contribution in [0.25, 0.3) is 0 Å². The minimum Gasteiger partial charge on any atom is -0.483 e. The predicted molar refractivity (Wildman–Crippen MR) is 93.5 cm³/mol. The van der Waals surface area contributed by atoms with E-state index in [4.69, 9.17) is 4.74 Å². The highest BCUT2D eigenvalue weighted by Crippen LogP contribution is 2.30. The molecule has 1 aromatic heterocycles. The van der Waals surface area contributed by atoms with Gasteiger partial charge in [0.25, 0.3) is 5.91 Å². The summed E-state index contributed by atoms with van der Waals surface area (Å²) in [5.41, 5.74) is 3.39. The third-order valence-electron chi connectivity index (χ3n) is 3.99. The van der Waals surface area contributed by atoms with Crippen LogP contribution in [0.4, 0.5) is 5.13 Å². The molecule has 0 spiro atoms. The zero-order valence-corrected chi connectivity index (χ0v) is 14.6. The van der Waals surface area contributed by atoms with Crippen LogP contribution in [0.1, 0.15) is 47.9 Å². The number of aryl methyl sites for hydroxylation is 3. The van der Waals surface area contributed by atoms with E-state index in [0.717, 1.165) is 35.4 Å². The summed E-state index contributed by atoms with van der Waals surface area (Å²) in [6, 6.07) is 6.12. The van der Waals surface area contributed by atoms with Crippen LogP contribution < -0.4 is 10.1 Å². The predicted octanol–water partition coefficient (Wildman–Crippen LogP) is 4.08. The number of anilines is 1. The maximum absolute atomic E-state index is 12.1. The summed E-state index contributed by atoms with van der Waals surface area (Å²) in [6.07, 6.45) is 3.29. The van der Waals surface area contributed by atoms with Gasteiger partial charge in [-0.15, -0.1) is 11.3 Å². The summed E-state index contributed by atoms with van der Waals surface area (Å²) < 4.78 is 5.76. The second-order valence-corrected chi connectivity index (χ2v) is 7.36. The van der Waals surface area contributed by atoms with E-state index in [0.29, 0.717) is 11.0 Å².